The van der Waals surface area contributed by atoms with Gasteiger partial charge in [-0.1, -0.05) is 36.8 Å². The van der Waals surface area contributed by atoms with Crippen molar-refractivity contribution in [2.75, 3.05) is 6.54 Å². The lowest BCUT2D eigenvalue weighted by molar-refractivity contribution is -0.127. The van der Waals surface area contributed by atoms with E-state index < -0.39 is 5.54 Å². The summed E-state index contributed by atoms with van der Waals surface area (Å²) in [5.74, 6) is -0.173. The topological polar surface area (TPSA) is 58.2 Å². The van der Waals surface area contributed by atoms with Crippen molar-refractivity contribution in [2.24, 2.45) is 0 Å². The van der Waals surface area contributed by atoms with Crippen LogP contribution in [0.1, 0.15) is 51.2 Å². The molecule has 0 spiro atoms. The van der Waals surface area contributed by atoms with E-state index in [0.29, 0.717) is 6.54 Å². The highest BCUT2D eigenvalue weighted by molar-refractivity contribution is 5.84. The van der Waals surface area contributed by atoms with E-state index in [1.54, 1.807) is 0 Å². The van der Waals surface area contributed by atoms with Crippen molar-refractivity contribution in [1.29, 1.82) is 0 Å². The minimum atomic E-state index is -0.441. The fraction of sp³-hybridized carbons (Fsp3) is 0.529. The monoisotopic (exact) mass is 290 g/mol. The predicted octanol–water partition coefficient (Wildman–Crippen LogP) is 2.65. The Kier molecular flexibility index (Phi) is 6.40. The minimum Gasteiger partial charge on any atom is -0.356 e. The van der Waals surface area contributed by atoms with Crippen molar-refractivity contribution in [3.63, 3.8) is 0 Å². The fourth-order valence-electron chi connectivity index (χ4n) is 2.10. The highest BCUT2D eigenvalue weighted by Gasteiger charge is 2.22. The fourth-order valence-corrected chi connectivity index (χ4v) is 2.10. The van der Waals surface area contributed by atoms with E-state index in [9.17, 15) is 9.59 Å². The van der Waals surface area contributed by atoms with Gasteiger partial charge < -0.3 is 10.6 Å². The van der Waals surface area contributed by atoms with Crippen LogP contribution in [-0.2, 0) is 15.1 Å². The van der Waals surface area contributed by atoms with Gasteiger partial charge in [0.2, 0.25) is 11.8 Å². The average molecular weight is 290 g/mol. The van der Waals surface area contributed by atoms with E-state index in [-0.39, 0.29) is 24.7 Å². The Labute approximate surface area is 127 Å². The molecule has 0 saturated carbocycles. The molecule has 4 heteroatoms. The predicted molar refractivity (Wildman–Crippen MR) is 84.9 cm³/mol. The number of hydrogen-bond acceptors (Lipinski definition) is 2. The second-order valence-corrected chi connectivity index (χ2v) is 5.89. The van der Waals surface area contributed by atoms with E-state index in [1.165, 1.54) is 0 Å². The van der Waals surface area contributed by atoms with Gasteiger partial charge in [0.25, 0.3) is 0 Å². The number of nitrogens with one attached hydrogen (secondary N) is 2. The van der Waals surface area contributed by atoms with Gasteiger partial charge in [0.05, 0.1) is 5.54 Å². The largest absolute Gasteiger partial charge is 0.356 e. The van der Waals surface area contributed by atoms with Gasteiger partial charge in [-0.3, -0.25) is 9.59 Å². The molecule has 0 saturated heterocycles. The van der Waals surface area contributed by atoms with E-state index in [4.69, 9.17) is 0 Å². The first-order valence-corrected chi connectivity index (χ1v) is 7.50. The minimum absolute atomic E-state index is 0.0691. The number of hydrogen-bond donors (Lipinski definition) is 2. The molecule has 0 radical (unpaired) electrons. The van der Waals surface area contributed by atoms with Gasteiger partial charge in [0, 0.05) is 19.4 Å². The molecule has 2 amide bonds. The van der Waals surface area contributed by atoms with Crippen LogP contribution in [0.2, 0.25) is 0 Å². The number of benzene rings is 1. The molecule has 0 aliphatic rings. The van der Waals surface area contributed by atoms with Crippen molar-refractivity contribution in [3.05, 3.63) is 35.4 Å². The lowest BCUT2D eigenvalue weighted by Crippen LogP contribution is -2.41. The molecule has 0 bridgehead atoms. The average Bonchev–Trinajstić information content (AvgIpc) is 2.42. The van der Waals surface area contributed by atoms with Crippen LogP contribution in [0.25, 0.3) is 0 Å². The number of carbonyl (C=O) groups is 2. The van der Waals surface area contributed by atoms with E-state index >= 15 is 0 Å². The summed E-state index contributed by atoms with van der Waals surface area (Å²) in [6, 6.07) is 8.08. The van der Waals surface area contributed by atoms with Crippen LogP contribution < -0.4 is 10.6 Å². The van der Waals surface area contributed by atoms with Crippen LogP contribution >= 0.6 is 0 Å². The van der Waals surface area contributed by atoms with Gasteiger partial charge in [-0.2, -0.15) is 0 Å². The van der Waals surface area contributed by atoms with Gasteiger partial charge >= 0.3 is 0 Å². The summed E-state index contributed by atoms with van der Waals surface area (Å²) < 4.78 is 0. The first kappa shape index (κ1) is 17.2. The molecule has 21 heavy (non-hydrogen) atoms. The summed E-state index contributed by atoms with van der Waals surface area (Å²) in [7, 11) is 0. The third-order valence-electron chi connectivity index (χ3n) is 3.34. The van der Waals surface area contributed by atoms with Crippen molar-refractivity contribution in [2.45, 2.75) is 52.5 Å². The van der Waals surface area contributed by atoms with Gasteiger partial charge in [-0.25, -0.2) is 0 Å². The molecule has 116 valence electrons. The zero-order valence-corrected chi connectivity index (χ0v) is 13.5. The lowest BCUT2D eigenvalue weighted by Gasteiger charge is -2.27. The first-order valence-electron chi connectivity index (χ1n) is 7.50. The molecule has 1 aromatic carbocycles. The molecule has 0 aliphatic heterocycles. The maximum Gasteiger partial charge on any atom is 0.221 e. The highest BCUT2D eigenvalue weighted by atomic mass is 16.2. The summed E-state index contributed by atoms with van der Waals surface area (Å²) in [5, 5.41) is 5.76. The normalized spacial score (nSPS) is 11.0. The summed E-state index contributed by atoms with van der Waals surface area (Å²) in [5.41, 5.74) is 1.78. The Bertz CT molecular complexity index is 495. The van der Waals surface area contributed by atoms with Gasteiger partial charge in [0.1, 0.15) is 0 Å². The maximum atomic E-state index is 12.0. The van der Waals surface area contributed by atoms with Crippen LogP contribution in [0.3, 0.4) is 0 Å². The Morgan fingerprint density at radius 1 is 1.14 bits per heavy atom. The number of carbonyl (C=O) groups excluding carboxylic acids is 2. The molecular weight excluding hydrogens is 264 g/mol. The third kappa shape index (κ3) is 5.98. The van der Waals surface area contributed by atoms with Crippen LogP contribution in [-0.4, -0.2) is 18.4 Å². The van der Waals surface area contributed by atoms with Crippen LogP contribution in [0, 0.1) is 6.92 Å². The molecular formula is C17H26N2O2. The van der Waals surface area contributed by atoms with E-state index in [0.717, 1.165) is 17.5 Å². The number of aryl methyl sites for hydroxylation is 1. The van der Waals surface area contributed by atoms with Gasteiger partial charge in [-0.15, -0.1) is 0 Å². The molecule has 1 aromatic rings. The smallest absolute Gasteiger partial charge is 0.221 e. The summed E-state index contributed by atoms with van der Waals surface area (Å²) >= 11 is 0. The summed E-state index contributed by atoms with van der Waals surface area (Å²) in [4.78, 5) is 23.5. The zero-order chi connectivity index (χ0) is 15.9. The quantitative estimate of drug-likeness (QED) is 0.811. The second kappa shape index (κ2) is 7.81. The summed E-state index contributed by atoms with van der Waals surface area (Å²) in [6.45, 7) is 8.62. The number of amides is 2. The standard InChI is InChI=1S/C17H26N2O2/c1-5-11-18-15(20)9-10-16(21)19-17(3,4)14-8-6-7-13(2)12-14/h6-8,12H,5,9-11H2,1-4H3,(H,18,20)(H,19,21). The molecule has 0 heterocycles. The first-order chi connectivity index (χ1) is 9.85. The molecule has 0 fully saturated rings. The van der Waals surface area contributed by atoms with Crippen molar-refractivity contribution in [1.82, 2.24) is 10.6 Å². The molecule has 1 rings (SSSR count). The van der Waals surface area contributed by atoms with E-state index in [2.05, 4.69) is 16.7 Å². The van der Waals surface area contributed by atoms with Crippen LogP contribution in [0.4, 0.5) is 0 Å². The van der Waals surface area contributed by atoms with Gasteiger partial charge in [-0.05, 0) is 32.8 Å². The van der Waals surface area contributed by atoms with E-state index in [1.807, 2.05) is 45.9 Å². The Morgan fingerprint density at radius 3 is 2.43 bits per heavy atom. The van der Waals surface area contributed by atoms with Crippen LogP contribution in [0.5, 0.6) is 0 Å². The number of rotatable bonds is 7. The Morgan fingerprint density at radius 2 is 1.81 bits per heavy atom. The molecule has 2 N–H and O–H groups in total. The van der Waals surface area contributed by atoms with Crippen molar-refractivity contribution < 1.29 is 9.59 Å². The SMILES string of the molecule is CCCNC(=O)CCC(=O)NC(C)(C)c1cccc(C)c1. The zero-order valence-electron chi connectivity index (χ0n) is 13.5. The Balaban J connectivity index is 2.51. The van der Waals surface area contributed by atoms with Crippen LogP contribution in [0.15, 0.2) is 24.3 Å². The van der Waals surface area contributed by atoms with Crippen molar-refractivity contribution >= 4 is 11.8 Å². The third-order valence-corrected chi connectivity index (χ3v) is 3.34. The second-order valence-electron chi connectivity index (χ2n) is 5.89. The lowest BCUT2D eigenvalue weighted by atomic mass is 9.93. The molecule has 0 atom stereocenters. The molecule has 0 aliphatic carbocycles. The van der Waals surface area contributed by atoms with Gasteiger partial charge in [0.15, 0.2) is 0 Å². The summed E-state index contributed by atoms with van der Waals surface area (Å²) in [6.07, 6.45) is 1.35. The Hall–Kier alpha value is -1.84. The molecule has 4 nitrogen and oxygen atoms in total. The highest BCUT2D eigenvalue weighted by Crippen LogP contribution is 2.21. The van der Waals surface area contributed by atoms with Crippen molar-refractivity contribution in [3.8, 4) is 0 Å². The molecule has 0 aromatic heterocycles. The maximum absolute atomic E-state index is 12.0. The molecule has 0 unspecified atom stereocenters.